The van der Waals surface area contributed by atoms with Crippen molar-refractivity contribution in [2.75, 3.05) is 13.1 Å². The summed E-state index contributed by atoms with van der Waals surface area (Å²) in [4.78, 5) is 19.4. The van der Waals surface area contributed by atoms with E-state index >= 15 is 0 Å². The van der Waals surface area contributed by atoms with Gasteiger partial charge in [0.2, 0.25) is 5.91 Å². The summed E-state index contributed by atoms with van der Waals surface area (Å²) < 4.78 is 1.89. The Morgan fingerprint density at radius 2 is 2.16 bits per heavy atom. The van der Waals surface area contributed by atoms with Crippen molar-refractivity contribution in [2.24, 2.45) is 11.8 Å². The van der Waals surface area contributed by atoms with Crippen LogP contribution in [0, 0.1) is 11.8 Å². The zero-order chi connectivity index (χ0) is 21.3. The highest BCUT2D eigenvalue weighted by molar-refractivity contribution is 5.79. The maximum Gasteiger partial charge on any atom is 0.224 e. The number of aromatic nitrogens is 4. The second kappa shape index (κ2) is 8.67. The first-order valence-corrected chi connectivity index (χ1v) is 11.6. The van der Waals surface area contributed by atoms with E-state index in [2.05, 4.69) is 25.5 Å². The molecule has 31 heavy (non-hydrogen) atoms. The van der Waals surface area contributed by atoms with Crippen molar-refractivity contribution in [3.63, 3.8) is 0 Å². The summed E-state index contributed by atoms with van der Waals surface area (Å²) >= 11 is 0. The molecular formula is C23H32N6O2. The molecule has 4 fully saturated rings. The fraction of sp³-hybridized carbons (Fsp3) is 0.652. The normalized spacial score (nSPS) is 29.6. The predicted molar refractivity (Wildman–Crippen MR) is 115 cm³/mol. The van der Waals surface area contributed by atoms with Gasteiger partial charge < -0.3 is 10.4 Å². The third-order valence-corrected chi connectivity index (χ3v) is 7.50. The van der Waals surface area contributed by atoms with Crippen LogP contribution in [0.15, 0.2) is 30.7 Å². The molecule has 4 atom stereocenters. The number of nitrogens with zero attached hydrogens (tertiary/aromatic N) is 5. The van der Waals surface area contributed by atoms with Crippen LogP contribution in [-0.4, -0.2) is 55.0 Å². The molecule has 1 saturated carbocycles. The fourth-order valence-corrected chi connectivity index (χ4v) is 5.66. The van der Waals surface area contributed by atoms with E-state index in [9.17, 15) is 9.90 Å². The molecule has 5 heterocycles. The highest BCUT2D eigenvalue weighted by Crippen LogP contribution is 2.38. The number of nitrogens with one attached hydrogen (secondary N) is 1. The van der Waals surface area contributed by atoms with E-state index in [1.165, 1.54) is 6.42 Å². The lowest BCUT2D eigenvalue weighted by Crippen LogP contribution is -2.58. The molecule has 0 radical (unpaired) electrons. The first kappa shape index (κ1) is 20.6. The van der Waals surface area contributed by atoms with Gasteiger partial charge in [0.1, 0.15) is 11.3 Å². The van der Waals surface area contributed by atoms with Gasteiger partial charge in [0, 0.05) is 31.5 Å². The molecule has 0 aromatic carbocycles. The van der Waals surface area contributed by atoms with Gasteiger partial charge in [0.05, 0.1) is 18.7 Å². The number of hydrogen-bond donors (Lipinski definition) is 2. The first-order valence-electron chi connectivity index (χ1n) is 11.6. The highest BCUT2D eigenvalue weighted by Gasteiger charge is 2.43. The Labute approximate surface area is 183 Å². The second-order valence-corrected chi connectivity index (χ2v) is 9.54. The van der Waals surface area contributed by atoms with Gasteiger partial charge in [-0.3, -0.25) is 19.4 Å². The van der Waals surface area contributed by atoms with Gasteiger partial charge in [-0.15, -0.1) is 5.10 Å². The molecule has 2 N–H and O–H groups in total. The van der Waals surface area contributed by atoms with E-state index in [4.69, 9.17) is 0 Å². The molecule has 2 aromatic rings. The molecule has 2 bridgehead atoms. The third kappa shape index (κ3) is 4.36. The van der Waals surface area contributed by atoms with Crippen LogP contribution in [0.5, 0.6) is 0 Å². The van der Waals surface area contributed by atoms with Gasteiger partial charge in [0.15, 0.2) is 0 Å². The summed E-state index contributed by atoms with van der Waals surface area (Å²) in [5, 5.41) is 22.7. The molecule has 6 rings (SSSR count). The van der Waals surface area contributed by atoms with Crippen LogP contribution in [0.1, 0.15) is 56.2 Å². The van der Waals surface area contributed by atoms with Crippen LogP contribution >= 0.6 is 0 Å². The summed E-state index contributed by atoms with van der Waals surface area (Å²) in [5.41, 5.74) is 0.937. The molecular weight excluding hydrogens is 392 g/mol. The topological polar surface area (TPSA) is 96.2 Å². The minimum atomic E-state index is -0.806. The number of amides is 1. The maximum absolute atomic E-state index is 12.8. The van der Waals surface area contributed by atoms with Crippen LogP contribution in [0.25, 0.3) is 0 Å². The van der Waals surface area contributed by atoms with Crippen LogP contribution in [0.3, 0.4) is 0 Å². The standard InChI is InChI=1S/C23H32N6O2/c30-22(25-13-17-5-4-9-24-12-17)20-15-28-10-6-18(20)11-19(28)14-29-16-21(26-27-29)23(31)7-2-1-3-8-23/h4-5,9,12,16,18-20,31H,1-3,6-8,10-11,13-15H2,(H,25,30)/t18?,19-,20+/m1/s1. The van der Waals surface area contributed by atoms with Crippen LogP contribution in [0.2, 0.25) is 0 Å². The minimum absolute atomic E-state index is 0.0518. The molecule has 3 saturated heterocycles. The summed E-state index contributed by atoms with van der Waals surface area (Å²) in [6.45, 7) is 3.14. The van der Waals surface area contributed by atoms with E-state index < -0.39 is 5.60 Å². The quantitative estimate of drug-likeness (QED) is 0.735. The molecule has 2 unspecified atom stereocenters. The smallest absolute Gasteiger partial charge is 0.224 e. The Hall–Kier alpha value is -2.32. The number of carbonyl (C=O) groups excluding carboxylic acids is 1. The molecule has 8 heteroatoms. The number of aliphatic hydroxyl groups is 1. The van der Waals surface area contributed by atoms with Gasteiger partial charge in [-0.25, -0.2) is 0 Å². The number of fused-ring (bicyclic) bond motifs is 3. The van der Waals surface area contributed by atoms with Gasteiger partial charge >= 0.3 is 0 Å². The zero-order valence-corrected chi connectivity index (χ0v) is 18.0. The second-order valence-electron chi connectivity index (χ2n) is 9.54. The molecule has 166 valence electrons. The van der Waals surface area contributed by atoms with Gasteiger partial charge in [-0.1, -0.05) is 30.5 Å². The van der Waals surface area contributed by atoms with Gasteiger partial charge in [0.25, 0.3) is 0 Å². The van der Waals surface area contributed by atoms with Crippen molar-refractivity contribution in [2.45, 2.75) is 69.7 Å². The molecule has 0 spiro atoms. The fourth-order valence-electron chi connectivity index (χ4n) is 5.66. The summed E-state index contributed by atoms with van der Waals surface area (Å²) in [6.07, 6.45) is 12.4. The molecule has 3 aliphatic heterocycles. The van der Waals surface area contributed by atoms with Crippen LogP contribution in [0.4, 0.5) is 0 Å². The predicted octanol–water partition coefficient (Wildman–Crippen LogP) is 1.85. The lowest BCUT2D eigenvalue weighted by atomic mass is 9.75. The summed E-state index contributed by atoms with van der Waals surface area (Å²) in [5.74, 6) is 0.616. The van der Waals surface area contributed by atoms with E-state index in [-0.39, 0.29) is 11.8 Å². The summed E-state index contributed by atoms with van der Waals surface area (Å²) in [7, 11) is 0. The van der Waals surface area contributed by atoms with Crippen molar-refractivity contribution in [3.05, 3.63) is 42.0 Å². The largest absolute Gasteiger partial charge is 0.383 e. The van der Waals surface area contributed by atoms with Gasteiger partial charge in [-0.2, -0.15) is 0 Å². The molecule has 8 nitrogen and oxygen atoms in total. The van der Waals surface area contributed by atoms with Crippen molar-refractivity contribution >= 4 is 5.91 Å². The Kier molecular flexibility index (Phi) is 5.75. The Morgan fingerprint density at radius 3 is 2.90 bits per heavy atom. The Morgan fingerprint density at radius 1 is 1.29 bits per heavy atom. The number of carbonyl (C=O) groups is 1. The van der Waals surface area contributed by atoms with E-state index in [1.54, 1.807) is 12.4 Å². The van der Waals surface area contributed by atoms with Crippen molar-refractivity contribution in [3.8, 4) is 0 Å². The molecule has 1 amide bonds. The number of pyridine rings is 1. The lowest BCUT2D eigenvalue weighted by molar-refractivity contribution is -0.133. The van der Waals surface area contributed by atoms with Crippen molar-refractivity contribution in [1.29, 1.82) is 0 Å². The average Bonchev–Trinajstić information content (AvgIpc) is 3.29. The monoisotopic (exact) mass is 424 g/mol. The zero-order valence-electron chi connectivity index (χ0n) is 18.0. The molecule has 4 aliphatic rings. The van der Waals surface area contributed by atoms with Crippen LogP contribution < -0.4 is 5.32 Å². The average molecular weight is 425 g/mol. The van der Waals surface area contributed by atoms with Crippen molar-refractivity contribution in [1.82, 2.24) is 30.2 Å². The maximum atomic E-state index is 12.8. The third-order valence-electron chi connectivity index (χ3n) is 7.50. The summed E-state index contributed by atoms with van der Waals surface area (Å²) in [6, 6.07) is 4.25. The SMILES string of the molecule is O=C(NCc1cccnc1)[C@H]1CN2CCC1C[C@@H]2Cn1cc(C2(O)CCCCC2)nn1. The lowest BCUT2D eigenvalue weighted by Gasteiger charge is -2.49. The number of piperidine rings is 3. The van der Waals surface area contributed by atoms with E-state index in [0.29, 0.717) is 18.5 Å². The highest BCUT2D eigenvalue weighted by atomic mass is 16.3. The van der Waals surface area contributed by atoms with Gasteiger partial charge in [-0.05, 0) is 49.8 Å². The minimum Gasteiger partial charge on any atom is -0.383 e. The molecule has 2 aromatic heterocycles. The number of hydrogen-bond acceptors (Lipinski definition) is 6. The first-order chi connectivity index (χ1) is 15.1. The number of rotatable bonds is 6. The molecule has 1 aliphatic carbocycles. The Bertz CT molecular complexity index is 894. The van der Waals surface area contributed by atoms with Crippen LogP contribution in [-0.2, 0) is 23.5 Å². The van der Waals surface area contributed by atoms with E-state index in [1.807, 2.05) is 23.0 Å². The van der Waals surface area contributed by atoms with E-state index in [0.717, 1.165) is 69.4 Å². The van der Waals surface area contributed by atoms with Crippen molar-refractivity contribution < 1.29 is 9.90 Å². The Balaban J connectivity index is 1.17.